The maximum atomic E-state index is 9.09. The molecule has 0 unspecified atom stereocenters. The van der Waals surface area contributed by atoms with E-state index in [1.54, 1.807) is 0 Å². The van der Waals surface area contributed by atoms with Crippen molar-refractivity contribution in [3.8, 4) is 0 Å². The van der Waals surface area contributed by atoms with Crippen molar-refractivity contribution in [1.29, 1.82) is 0 Å². The van der Waals surface area contributed by atoms with Crippen LogP contribution in [0.3, 0.4) is 0 Å². The van der Waals surface area contributed by atoms with Crippen molar-refractivity contribution in [3.05, 3.63) is 0 Å². The van der Waals surface area contributed by atoms with Gasteiger partial charge in [0.2, 0.25) is 0 Å². The second kappa shape index (κ2) is 2.67. The number of nitrogens with one attached hydrogen (secondary N) is 1. The van der Waals surface area contributed by atoms with Gasteiger partial charge < -0.3 is 10.4 Å². The number of rotatable bonds is 2. The topological polar surface area (TPSA) is 32.3 Å². The van der Waals surface area contributed by atoms with Crippen molar-refractivity contribution in [1.82, 2.24) is 5.32 Å². The van der Waals surface area contributed by atoms with E-state index >= 15 is 0 Å². The zero-order chi connectivity index (χ0) is 6.85. The lowest BCUT2D eigenvalue weighted by Crippen LogP contribution is -2.50. The van der Waals surface area contributed by atoms with E-state index in [1.807, 2.05) is 0 Å². The zero-order valence-electron chi connectivity index (χ0n) is 6.09. The second-order valence-electron chi connectivity index (χ2n) is 3.07. The van der Waals surface area contributed by atoms with E-state index in [4.69, 9.17) is 5.11 Å². The molecule has 0 aromatic heterocycles. The Balaban J connectivity index is 2.13. The largest absolute Gasteiger partial charge is 0.392 e. The van der Waals surface area contributed by atoms with Crippen LogP contribution in [0.2, 0.25) is 0 Å². The molecule has 2 N–H and O–H groups in total. The Hall–Kier alpha value is -0.0800. The van der Waals surface area contributed by atoms with Gasteiger partial charge in [0.25, 0.3) is 0 Å². The third kappa shape index (κ3) is 1.66. The molecule has 0 amide bonds. The normalized spacial score (nSPS) is 34.7. The standard InChI is InChI=1S/C7H15NO/c1-5(2)8-6-3-4-7(6)9/h5-9H,3-4H2,1-2H3/t6-,7+/m1/s1. The molecule has 2 nitrogen and oxygen atoms in total. The highest BCUT2D eigenvalue weighted by Crippen LogP contribution is 2.19. The van der Waals surface area contributed by atoms with Gasteiger partial charge in [-0.2, -0.15) is 0 Å². The fourth-order valence-electron chi connectivity index (χ4n) is 1.10. The molecule has 1 rings (SSSR count). The van der Waals surface area contributed by atoms with Crippen molar-refractivity contribution in [2.24, 2.45) is 0 Å². The summed E-state index contributed by atoms with van der Waals surface area (Å²) in [6.07, 6.45) is 2.04. The molecule has 9 heavy (non-hydrogen) atoms. The molecular weight excluding hydrogens is 114 g/mol. The van der Waals surface area contributed by atoms with E-state index in [9.17, 15) is 0 Å². The highest BCUT2D eigenvalue weighted by atomic mass is 16.3. The van der Waals surface area contributed by atoms with Gasteiger partial charge in [-0.3, -0.25) is 0 Å². The van der Waals surface area contributed by atoms with Crippen molar-refractivity contribution < 1.29 is 5.11 Å². The van der Waals surface area contributed by atoms with E-state index < -0.39 is 0 Å². The van der Waals surface area contributed by atoms with Gasteiger partial charge in [-0.15, -0.1) is 0 Å². The third-order valence-corrected chi connectivity index (χ3v) is 1.79. The van der Waals surface area contributed by atoms with E-state index in [-0.39, 0.29) is 6.10 Å². The monoisotopic (exact) mass is 129 g/mol. The number of hydrogen-bond donors (Lipinski definition) is 2. The maximum Gasteiger partial charge on any atom is 0.0693 e. The van der Waals surface area contributed by atoms with Crippen LogP contribution in [0.25, 0.3) is 0 Å². The van der Waals surface area contributed by atoms with E-state index in [1.165, 1.54) is 0 Å². The quantitative estimate of drug-likeness (QED) is 0.569. The van der Waals surface area contributed by atoms with Crippen LogP contribution in [0.4, 0.5) is 0 Å². The summed E-state index contributed by atoms with van der Waals surface area (Å²) in [5.41, 5.74) is 0. The molecule has 0 saturated heterocycles. The number of aliphatic hydroxyl groups excluding tert-OH is 1. The molecule has 2 heteroatoms. The summed E-state index contributed by atoms with van der Waals surface area (Å²) in [6, 6.07) is 0.884. The molecule has 0 radical (unpaired) electrons. The highest BCUT2D eigenvalue weighted by molar-refractivity contribution is 4.86. The lowest BCUT2D eigenvalue weighted by atomic mass is 9.89. The SMILES string of the molecule is CC(C)N[C@@H]1CC[C@@H]1O. The predicted molar refractivity (Wildman–Crippen MR) is 37.3 cm³/mol. The molecule has 1 aliphatic carbocycles. The lowest BCUT2D eigenvalue weighted by molar-refractivity contribution is 0.0461. The number of hydrogen-bond acceptors (Lipinski definition) is 2. The summed E-state index contributed by atoms with van der Waals surface area (Å²) in [5.74, 6) is 0. The first-order valence-electron chi connectivity index (χ1n) is 3.64. The fourth-order valence-corrected chi connectivity index (χ4v) is 1.10. The van der Waals surface area contributed by atoms with Crippen LogP contribution in [-0.2, 0) is 0 Å². The Morgan fingerprint density at radius 1 is 1.44 bits per heavy atom. The molecule has 0 aromatic rings. The summed E-state index contributed by atoms with van der Waals surface area (Å²) in [4.78, 5) is 0. The summed E-state index contributed by atoms with van der Waals surface area (Å²) in [6.45, 7) is 4.20. The van der Waals surface area contributed by atoms with Gasteiger partial charge in [-0.1, -0.05) is 13.8 Å². The second-order valence-corrected chi connectivity index (χ2v) is 3.07. The Bertz CT molecular complexity index is 92.9. The van der Waals surface area contributed by atoms with Crippen LogP contribution < -0.4 is 5.32 Å². The minimum Gasteiger partial charge on any atom is -0.392 e. The average molecular weight is 129 g/mol. The molecule has 0 aromatic carbocycles. The summed E-state index contributed by atoms with van der Waals surface area (Å²) >= 11 is 0. The lowest BCUT2D eigenvalue weighted by Gasteiger charge is -2.34. The molecule has 1 saturated carbocycles. The molecule has 0 aliphatic heterocycles. The Morgan fingerprint density at radius 2 is 2.11 bits per heavy atom. The predicted octanol–water partition coefficient (Wildman–Crippen LogP) is 0.508. The Labute approximate surface area is 56.3 Å². The number of aliphatic hydroxyl groups is 1. The van der Waals surface area contributed by atoms with Crippen molar-refractivity contribution in [2.45, 2.75) is 44.9 Å². The molecular formula is C7H15NO. The highest BCUT2D eigenvalue weighted by Gasteiger charge is 2.28. The van der Waals surface area contributed by atoms with E-state index in [2.05, 4.69) is 19.2 Å². The molecule has 0 heterocycles. The molecule has 1 fully saturated rings. The third-order valence-electron chi connectivity index (χ3n) is 1.79. The van der Waals surface area contributed by atoms with Crippen LogP contribution in [-0.4, -0.2) is 23.3 Å². The first kappa shape index (κ1) is 7.03. The smallest absolute Gasteiger partial charge is 0.0693 e. The van der Waals surface area contributed by atoms with Crippen LogP contribution in [0, 0.1) is 0 Å². The average Bonchev–Trinajstić information content (AvgIpc) is 1.79. The van der Waals surface area contributed by atoms with Gasteiger partial charge in [0.1, 0.15) is 0 Å². The molecule has 1 aliphatic rings. The molecule has 2 atom stereocenters. The maximum absolute atomic E-state index is 9.09. The fraction of sp³-hybridized carbons (Fsp3) is 1.00. The summed E-state index contributed by atoms with van der Waals surface area (Å²) in [5, 5.41) is 12.4. The van der Waals surface area contributed by atoms with Gasteiger partial charge >= 0.3 is 0 Å². The van der Waals surface area contributed by atoms with Crippen molar-refractivity contribution in [3.63, 3.8) is 0 Å². The minimum absolute atomic E-state index is 0.0765. The first-order valence-corrected chi connectivity index (χ1v) is 3.64. The Kier molecular flexibility index (Phi) is 2.09. The Morgan fingerprint density at radius 3 is 2.22 bits per heavy atom. The van der Waals surface area contributed by atoms with Crippen molar-refractivity contribution in [2.75, 3.05) is 0 Å². The van der Waals surface area contributed by atoms with E-state index in [0.717, 1.165) is 12.8 Å². The molecule has 0 spiro atoms. The summed E-state index contributed by atoms with van der Waals surface area (Å²) < 4.78 is 0. The van der Waals surface area contributed by atoms with Gasteiger partial charge in [0.05, 0.1) is 6.10 Å². The van der Waals surface area contributed by atoms with Crippen LogP contribution in [0.15, 0.2) is 0 Å². The zero-order valence-corrected chi connectivity index (χ0v) is 6.09. The van der Waals surface area contributed by atoms with E-state index in [0.29, 0.717) is 12.1 Å². The molecule has 0 bridgehead atoms. The van der Waals surface area contributed by atoms with Gasteiger partial charge in [-0.25, -0.2) is 0 Å². The molecule has 54 valence electrons. The van der Waals surface area contributed by atoms with Crippen LogP contribution in [0.5, 0.6) is 0 Å². The van der Waals surface area contributed by atoms with Crippen LogP contribution >= 0.6 is 0 Å². The summed E-state index contributed by atoms with van der Waals surface area (Å²) in [7, 11) is 0. The van der Waals surface area contributed by atoms with Gasteiger partial charge in [-0.05, 0) is 12.8 Å². The van der Waals surface area contributed by atoms with Crippen LogP contribution in [0.1, 0.15) is 26.7 Å². The van der Waals surface area contributed by atoms with Gasteiger partial charge in [0, 0.05) is 12.1 Å². The first-order chi connectivity index (χ1) is 4.20. The van der Waals surface area contributed by atoms with Crippen molar-refractivity contribution >= 4 is 0 Å². The minimum atomic E-state index is -0.0765. The van der Waals surface area contributed by atoms with Gasteiger partial charge in [0.15, 0.2) is 0 Å².